The summed E-state index contributed by atoms with van der Waals surface area (Å²) < 4.78 is 1.72. The quantitative estimate of drug-likeness (QED) is 0.578. The van der Waals surface area contributed by atoms with Crippen molar-refractivity contribution < 1.29 is 9.59 Å². The van der Waals surface area contributed by atoms with E-state index in [9.17, 15) is 9.59 Å². The molecule has 0 aliphatic rings. The Bertz CT molecular complexity index is 831. The van der Waals surface area contributed by atoms with Gasteiger partial charge in [-0.1, -0.05) is 48.7 Å². The van der Waals surface area contributed by atoms with Crippen LogP contribution in [0.25, 0.3) is 6.08 Å². The number of unbranched alkanes of at least 4 members (excludes halogenated alkanes) is 1. The van der Waals surface area contributed by atoms with Crippen LogP contribution in [-0.4, -0.2) is 21.6 Å². The third kappa shape index (κ3) is 5.09. The predicted molar refractivity (Wildman–Crippen MR) is 103 cm³/mol. The zero-order valence-corrected chi connectivity index (χ0v) is 16.1. The van der Waals surface area contributed by atoms with E-state index in [0.717, 1.165) is 25.1 Å². The Balaban J connectivity index is 1.96. The minimum absolute atomic E-state index is 0.273. The Morgan fingerprint density at radius 1 is 1.23 bits per heavy atom. The zero-order valence-electron chi connectivity index (χ0n) is 14.6. The molecule has 1 aromatic heterocycles. The molecule has 2 amide bonds. The number of nitrogens with one attached hydrogen (secondary N) is 2. The SMILES string of the molecule is CCCCn1nc(C)c(/C=C/C(=O)NNC(=O)c2ccccc2Cl)c1Cl. The number of hydrogen-bond donors (Lipinski definition) is 2. The number of aromatic nitrogens is 2. The summed E-state index contributed by atoms with van der Waals surface area (Å²) in [4.78, 5) is 23.9. The highest BCUT2D eigenvalue weighted by atomic mass is 35.5. The molecule has 0 fully saturated rings. The second kappa shape index (κ2) is 9.40. The third-order valence-corrected chi connectivity index (χ3v) is 4.38. The van der Waals surface area contributed by atoms with Gasteiger partial charge in [0.15, 0.2) is 0 Å². The van der Waals surface area contributed by atoms with Gasteiger partial charge in [0.2, 0.25) is 0 Å². The summed E-state index contributed by atoms with van der Waals surface area (Å²) in [5, 5.41) is 5.16. The van der Waals surface area contributed by atoms with Crippen molar-refractivity contribution in [1.82, 2.24) is 20.6 Å². The van der Waals surface area contributed by atoms with Gasteiger partial charge >= 0.3 is 0 Å². The molecule has 0 unspecified atom stereocenters. The van der Waals surface area contributed by atoms with Gasteiger partial charge in [0.1, 0.15) is 5.15 Å². The minimum Gasteiger partial charge on any atom is -0.268 e. The summed E-state index contributed by atoms with van der Waals surface area (Å²) in [6.45, 7) is 4.64. The predicted octanol–water partition coefficient (Wildman–Crippen LogP) is 3.77. The average Bonchev–Trinajstić information content (AvgIpc) is 2.89. The van der Waals surface area contributed by atoms with E-state index < -0.39 is 11.8 Å². The number of nitrogens with zero attached hydrogens (tertiary/aromatic N) is 2. The molecule has 0 bridgehead atoms. The first-order valence-electron chi connectivity index (χ1n) is 8.19. The molecule has 0 saturated heterocycles. The summed E-state index contributed by atoms with van der Waals surface area (Å²) in [6.07, 6.45) is 4.86. The topological polar surface area (TPSA) is 76.0 Å². The van der Waals surface area contributed by atoms with E-state index in [1.807, 2.05) is 6.92 Å². The Morgan fingerprint density at radius 3 is 2.65 bits per heavy atom. The fourth-order valence-corrected chi connectivity index (χ4v) is 2.79. The molecule has 2 aromatic rings. The number of hydrogen-bond acceptors (Lipinski definition) is 3. The van der Waals surface area contributed by atoms with Crippen LogP contribution < -0.4 is 10.9 Å². The van der Waals surface area contributed by atoms with Crippen LogP contribution in [0.4, 0.5) is 0 Å². The molecule has 0 spiro atoms. The first-order chi connectivity index (χ1) is 12.4. The van der Waals surface area contributed by atoms with Crippen LogP contribution in [0.2, 0.25) is 10.2 Å². The Hall–Kier alpha value is -2.31. The van der Waals surface area contributed by atoms with Gasteiger partial charge in [0.25, 0.3) is 11.8 Å². The summed E-state index contributed by atoms with van der Waals surface area (Å²) in [6, 6.07) is 6.56. The lowest BCUT2D eigenvalue weighted by molar-refractivity contribution is -0.117. The second-order valence-corrected chi connectivity index (χ2v) is 6.39. The summed E-state index contributed by atoms with van der Waals surface area (Å²) in [7, 11) is 0. The smallest absolute Gasteiger partial charge is 0.268 e. The van der Waals surface area contributed by atoms with E-state index in [4.69, 9.17) is 23.2 Å². The van der Waals surface area contributed by atoms with E-state index in [0.29, 0.717) is 15.7 Å². The van der Waals surface area contributed by atoms with Crippen LogP contribution in [0.5, 0.6) is 0 Å². The summed E-state index contributed by atoms with van der Waals surface area (Å²) in [5.74, 6) is -0.999. The van der Waals surface area contributed by atoms with Gasteiger partial charge < -0.3 is 0 Å². The minimum atomic E-state index is -0.501. The zero-order chi connectivity index (χ0) is 19.1. The number of aryl methyl sites for hydroxylation is 2. The normalized spacial score (nSPS) is 10.9. The molecule has 138 valence electrons. The maximum atomic E-state index is 12.0. The fourth-order valence-electron chi connectivity index (χ4n) is 2.24. The first kappa shape index (κ1) is 20.0. The lowest BCUT2D eigenvalue weighted by Crippen LogP contribution is -2.40. The number of rotatable bonds is 6. The van der Waals surface area contributed by atoms with Crippen LogP contribution in [-0.2, 0) is 11.3 Å². The van der Waals surface area contributed by atoms with E-state index in [1.165, 1.54) is 6.08 Å². The van der Waals surface area contributed by atoms with E-state index in [1.54, 1.807) is 35.0 Å². The van der Waals surface area contributed by atoms with Crippen LogP contribution in [0.3, 0.4) is 0 Å². The van der Waals surface area contributed by atoms with Gasteiger partial charge in [-0.15, -0.1) is 0 Å². The standard InChI is InChI=1S/C18H20Cl2N4O2/c1-3-4-11-24-17(20)13(12(2)23-24)9-10-16(25)21-22-18(26)14-7-5-6-8-15(14)19/h5-10H,3-4,11H2,1-2H3,(H,21,25)(H,22,26)/b10-9+. The highest BCUT2D eigenvalue weighted by Gasteiger charge is 2.12. The molecule has 1 heterocycles. The number of benzene rings is 1. The molecular formula is C18H20Cl2N4O2. The highest BCUT2D eigenvalue weighted by Crippen LogP contribution is 2.21. The molecule has 1 aromatic carbocycles. The van der Waals surface area contributed by atoms with Crippen LogP contribution in [0.1, 0.15) is 41.4 Å². The molecule has 0 saturated carbocycles. The maximum absolute atomic E-state index is 12.0. The largest absolute Gasteiger partial charge is 0.271 e. The maximum Gasteiger partial charge on any atom is 0.271 e. The molecule has 6 nitrogen and oxygen atoms in total. The van der Waals surface area contributed by atoms with Crippen molar-refractivity contribution in [2.24, 2.45) is 0 Å². The van der Waals surface area contributed by atoms with E-state index in [-0.39, 0.29) is 5.56 Å². The number of carbonyl (C=O) groups excluding carboxylic acids is 2. The fraction of sp³-hybridized carbons (Fsp3) is 0.278. The molecule has 8 heteroatoms. The highest BCUT2D eigenvalue weighted by molar-refractivity contribution is 6.33. The lowest BCUT2D eigenvalue weighted by atomic mass is 10.2. The van der Waals surface area contributed by atoms with Crippen LogP contribution in [0, 0.1) is 6.92 Å². The summed E-state index contributed by atoms with van der Waals surface area (Å²) >= 11 is 12.2. The molecule has 0 aliphatic carbocycles. The molecule has 0 atom stereocenters. The van der Waals surface area contributed by atoms with Gasteiger partial charge in [0.05, 0.1) is 16.3 Å². The Morgan fingerprint density at radius 2 is 1.96 bits per heavy atom. The van der Waals surface area contributed by atoms with Gasteiger partial charge in [-0.25, -0.2) is 0 Å². The first-order valence-corrected chi connectivity index (χ1v) is 8.95. The number of amides is 2. The second-order valence-electron chi connectivity index (χ2n) is 5.62. The van der Waals surface area contributed by atoms with Crippen molar-refractivity contribution in [2.45, 2.75) is 33.2 Å². The van der Waals surface area contributed by atoms with Crippen molar-refractivity contribution >= 4 is 41.1 Å². The monoisotopic (exact) mass is 394 g/mol. The van der Waals surface area contributed by atoms with Crippen LogP contribution in [0.15, 0.2) is 30.3 Å². The van der Waals surface area contributed by atoms with Crippen molar-refractivity contribution in [3.63, 3.8) is 0 Å². The molecule has 26 heavy (non-hydrogen) atoms. The van der Waals surface area contributed by atoms with Crippen molar-refractivity contribution in [3.8, 4) is 0 Å². The van der Waals surface area contributed by atoms with Crippen molar-refractivity contribution in [1.29, 1.82) is 0 Å². The summed E-state index contributed by atoms with van der Waals surface area (Å²) in [5.41, 5.74) is 6.30. The molecule has 0 aliphatic heterocycles. The van der Waals surface area contributed by atoms with E-state index in [2.05, 4.69) is 22.9 Å². The van der Waals surface area contributed by atoms with Gasteiger partial charge in [0, 0.05) is 18.2 Å². The average molecular weight is 395 g/mol. The van der Waals surface area contributed by atoms with Gasteiger partial charge in [-0.2, -0.15) is 5.10 Å². The molecular weight excluding hydrogens is 375 g/mol. The van der Waals surface area contributed by atoms with Crippen molar-refractivity contribution in [2.75, 3.05) is 0 Å². The van der Waals surface area contributed by atoms with Gasteiger partial charge in [-0.3, -0.25) is 25.1 Å². The van der Waals surface area contributed by atoms with Crippen LogP contribution >= 0.6 is 23.2 Å². The Kier molecular flexibility index (Phi) is 7.24. The third-order valence-electron chi connectivity index (χ3n) is 3.65. The number of hydrazine groups is 1. The Labute approximate surface area is 162 Å². The number of halogens is 2. The molecule has 2 rings (SSSR count). The lowest BCUT2D eigenvalue weighted by Gasteiger charge is -2.06. The van der Waals surface area contributed by atoms with E-state index >= 15 is 0 Å². The molecule has 2 N–H and O–H groups in total. The number of carbonyl (C=O) groups is 2. The van der Waals surface area contributed by atoms with Gasteiger partial charge in [-0.05, 0) is 31.6 Å². The molecule has 0 radical (unpaired) electrons. The van der Waals surface area contributed by atoms with Crippen molar-refractivity contribution in [3.05, 3.63) is 57.3 Å².